The Kier molecular flexibility index (Phi) is 2.84. The summed E-state index contributed by atoms with van der Waals surface area (Å²) in [6.45, 7) is 4.35. The van der Waals surface area contributed by atoms with E-state index in [1.165, 1.54) is 6.92 Å². The first-order valence-corrected chi connectivity index (χ1v) is 4.02. The Bertz CT molecular complexity index is 261. The van der Waals surface area contributed by atoms with Crippen LogP contribution in [-0.2, 0) is 4.79 Å². The van der Waals surface area contributed by atoms with Gasteiger partial charge >= 0.3 is 6.03 Å². The van der Waals surface area contributed by atoms with E-state index in [0.29, 0.717) is 19.2 Å². The zero-order valence-corrected chi connectivity index (χ0v) is 7.63. The highest BCUT2D eigenvalue weighted by Gasteiger charge is 2.17. The summed E-state index contributed by atoms with van der Waals surface area (Å²) < 4.78 is 0. The van der Waals surface area contributed by atoms with Crippen LogP contribution in [0, 0.1) is 0 Å². The lowest BCUT2D eigenvalue weighted by Gasteiger charge is -2.27. The molecule has 0 aromatic heterocycles. The van der Waals surface area contributed by atoms with Crippen LogP contribution in [0.25, 0.3) is 0 Å². The third-order valence-electron chi connectivity index (χ3n) is 1.60. The Balaban J connectivity index is 2.74. The third kappa shape index (κ3) is 2.43. The van der Waals surface area contributed by atoms with E-state index in [-0.39, 0.29) is 5.91 Å². The second-order valence-corrected chi connectivity index (χ2v) is 2.61. The van der Waals surface area contributed by atoms with Crippen molar-refractivity contribution in [3.05, 3.63) is 0 Å². The van der Waals surface area contributed by atoms with E-state index in [0.717, 1.165) is 0 Å². The molecule has 0 saturated carbocycles. The van der Waals surface area contributed by atoms with Crippen molar-refractivity contribution >= 4 is 17.9 Å². The van der Waals surface area contributed by atoms with Gasteiger partial charge in [-0.15, -0.1) is 0 Å². The van der Waals surface area contributed by atoms with Crippen molar-refractivity contribution in [1.82, 2.24) is 15.5 Å². The molecular weight excluding hydrogens is 172 g/mol. The number of nitrogens with zero attached hydrogens (tertiary/aromatic N) is 2. The summed E-state index contributed by atoms with van der Waals surface area (Å²) in [4.78, 5) is 27.0. The molecule has 2 N–H and O–H groups in total. The molecule has 6 heteroatoms. The van der Waals surface area contributed by atoms with Crippen LogP contribution in [0.15, 0.2) is 4.99 Å². The summed E-state index contributed by atoms with van der Waals surface area (Å²) in [7, 11) is 0. The third-order valence-corrected chi connectivity index (χ3v) is 1.60. The van der Waals surface area contributed by atoms with Crippen LogP contribution in [0.2, 0.25) is 0 Å². The topological polar surface area (TPSA) is 73.8 Å². The lowest BCUT2D eigenvalue weighted by atomic mass is 10.5. The van der Waals surface area contributed by atoms with Crippen molar-refractivity contribution in [2.45, 2.75) is 13.8 Å². The first kappa shape index (κ1) is 9.50. The van der Waals surface area contributed by atoms with E-state index in [1.54, 1.807) is 4.90 Å². The van der Waals surface area contributed by atoms with Crippen molar-refractivity contribution in [2.24, 2.45) is 4.99 Å². The van der Waals surface area contributed by atoms with Crippen LogP contribution < -0.4 is 10.6 Å². The molecular formula is C7H12N4O2. The molecule has 0 aromatic carbocycles. The van der Waals surface area contributed by atoms with Crippen molar-refractivity contribution in [3.63, 3.8) is 0 Å². The van der Waals surface area contributed by atoms with E-state index in [9.17, 15) is 9.59 Å². The second-order valence-electron chi connectivity index (χ2n) is 2.61. The summed E-state index contributed by atoms with van der Waals surface area (Å²) >= 11 is 0. The summed E-state index contributed by atoms with van der Waals surface area (Å²) in [5, 5.41) is 5.02. The number of amides is 3. The number of urea groups is 1. The fourth-order valence-corrected chi connectivity index (χ4v) is 0.970. The number of aliphatic imine (C=N–C) groups is 1. The average Bonchev–Trinajstić information content (AvgIpc) is 2.03. The quantitative estimate of drug-likeness (QED) is 0.576. The highest BCUT2D eigenvalue weighted by Crippen LogP contribution is 1.94. The predicted molar refractivity (Wildman–Crippen MR) is 47.0 cm³/mol. The monoisotopic (exact) mass is 184 g/mol. The molecule has 3 amide bonds. The molecule has 1 heterocycles. The summed E-state index contributed by atoms with van der Waals surface area (Å²) in [6.07, 6.45) is 0. The SMILES string of the molecule is CCN1CNC(=O)N=C1NC(C)=O. The second kappa shape index (κ2) is 3.88. The van der Waals surface area contributed by atoms with Gasteiger partial charge < -0.3 is 10.2 Å². The van der Waals surface area contributed by atoms with Crippen LogP contribution in [0.3, 0.4) is 0 Å². The van der Waals surface area contributed by atoms with Gasteiger partial charge in [0.2, 0.25) is 11.9 Å². The van der Waals surface area contributed by atoms with Gasteiger partial charge in [0.15, 0.2) is 0 Å². The van der Waals surface area contributed by atoms with E-state index >= 15 is 0 Å². The molecule has 0 saturated heterocycles. The summed E-state index contributed by atoms with van der Waals surface area (Å²) in [6, 6.07) is -0.423. The Labute approximate surface area is 76.0 Å². The number of carbonyl (C=O) groups is 2. The number of nitrogens with one attached hydrogen (secondary N) is 2. The maximum Gasteiger partial charge on any atom is 0.345 e. The molecule has 0 aliphatic carbocycles. The average molecular weight is 184 g/mol. The number of guanidine groups is 1. The molecule has 1 aliphatic rings. The molecule has 0 aromatic rings. The molecule has 0 fully saturated rings. The Hall–Kier alpha value is -1.59. The summed E-state index contributed by atoms with van der Waals surface area (Å²) in [5.74, 6) is 0.0886. The predicted octanol–water partition coefficient (Wildman–Crippen LogP) is -0.519. The van der Waals surface area contributed by atoms with Gasteiger partial charge in [0.25, 0.3) is 0 Å². The Morgan fingerprint density at radius 2 is 2.46 bits per heavy atom. The van der Waals surface area contributed by atoms with E-state index < -0.39 is 6.03 Å². The lowest BCUT2D eigenvalue weighted by Crippen LogP contribution is -2.52. The van der Waals surface area contributed by atoms with Crippen LogP contribution >= 0.6 is 0 Å². The smallest absolute Gasteiger partial charge is 0.325 e. The molecule has 0 spiro atoms. The van der Waals surface area contributed by atoms with Gasteiger partial charge in [-0.25, -0.2) is 4.79 Å². The maximum atomic E-state index is 10.8. The molecule has 0 atom stereocenters. The highest BCUT2D eigenvalue weighted by molar-refractivity contribution is 6.02. The van der Waals surface area contributed by atoms with Gasteiger partial charge in [-0.05, 0) is 6.92 Å². The normalized spacial score (nSPS) is 16.3. The van der Waals surface area contributed by atoms with Gasteiger partial charge in [-0.2, -0.15) is 4.99 Å². The fourth-order valence-electron chi connectivity index (χ4n) is 0.970. The highest BCUT2D eigenvalue weighted by atomic mass is 16.2. The summed E-state index contributed by atoms with van der Waals surface area (Å²) in [5.41, 5.74) is 0. The van der Waals surface area contributed by atoms with E-state index in [2.05, 4.69) is 15.6 Å². The number of hydrogen-bond acceptors (Lipinski definition) is 3. The molecule has 13 heavy (non-hydrogen) atoms. The standard InChI is InChI=1S/C7H12N4O2/c1-3-11-4-8-7(13)10-6(11)9-5(2)12/h3-4H2,1-2H3,(H2,8,9,10,12,13). The molecule has 0 radical (unpaired) electrons. The zero-order chi connectivity index (χ0) is 9.84. The van der Waals surface area contributed by atoms with Crippen LogP contribution in [0.4, 0.5) is 4.79 Å². The van der Waals surface area contributed by atoms with Crippen LogP contribution in [0.5, 0.6) is 0 Å². The minimum Gasteiger partial charge on any atom is -0.325 e. The largest absolute Gasteiger partial charge is 0.345 e. The maximum absolute atomic E-state index is 10.8. The first-order chi connectivity index (χ1) is 6.13. The molecule has 1 rings (SSSR count). The van der Waals surface area contributed by atoms with Crippen LogP contribution in [-0.4, -0.2) is 36.0 Å². The van der Waals surface area contributed by atoms with Crippen molar-refractivity contribution < 1.29 is 9.59 Å². The Morgan fingerprint density at radius 1 is 1.77 bits per heavy atom. The molecule has 6 nitrogen and oxygen atoms in total. The van der Waals surface area contributed by atoms with Gasteiger partial charge in [0, 0.05) is 13.5 Å². The van der Waals surface area contributed by atoms with Crippen molar-refractivity contribution in [3.8, 4) is 0 Å². The minimum absolute atomic E-state index is 0.230. The van der Waals surface area contributed by atoms with E-state index in [1.807, 2.05) is 6.92 Å². The molecule has 0 unspecified atom stereocenters. The number of carbonyl (C=O) groups excluding carboxylic acids is 2. The first-order valence-electron chi connectivity index (χ1n) is 4.02. The van der Waals surface area contributed by atoms with Gasteiger partial charge in [-0.1, -0.05) is 0 Å². The fraction of sp³-hybridized carbons (Fsp3) is 0.571. The van der Waals surface area contributed by atoms with Gasteiger partial charge in [0.1, 0.15) is 0 Å². The lowest BCUT2D eigenvalue weighted by molar-refractivity contribution is -0.117. The van der Waals surface area contributed by atoms with E-state index in [4.69, 9.17) is 0 Å². The minimum atomic E-state index is -0.423. The molecule has 0 bridgehead atoms. The number of hydrogen-bond donors (Lipinski definition) is 2. The Morgan fingerprint density at radius 3 is 3.00 bits per heavy atom. The number of rotatable bonds is 1. The van der Waals surface area contributed by atoms with Crippen molar-refractivity contribution in [2.75, 3.05) is 13.2 Å². The van der Waals surface area contributed by atoms with Gasteiger partial charge in [0.05, 0.1) is 6.67 Å². The molecule has 72 valence electrons. The van der Waals surface area contributed by atoms with Crippen LogP contribution in [0.1, 0.15) is 13.8 Å². The molecule has 1 aliphatic heterocycles. The van der Waals surface area contributed by atoms with Crippen molar-refractivity contribution in [1.29, 1.82) is 0 Å². The zero-order valence-electron chi connectivity index (χ0n) is 7.63. The van der Waals surface area contributed by atoms with Gasteiger partial charge in [-0.3, -0.25) is 10.1 Å².